The third kappa shape index (κ3) is 3.28. The maximum atomic E-state index is 12.6. The lowest BCUT2D eigenvalue weighted by atomic mass is 10.0. The van der Waals surface area contributed by atoms with Crippen molar-refractivity contribution >= 4 is 43.9 Å². The molecule has 142 valence electrons. The number of hydrogen-bond acceptors (Lipinski definition) is 6. The fourth-order valence-electron chi connectivity index (χ4n) is 3.35. The average Bonchev–Trinajstić information content (AvgIpc) is 3.22. The van der Waals surface area contributed by atoms with Crippen LogP contribution in [0.15, 0.2) is 75.9 Å². The number of hydrogen-bond donors (Lipinski definition) is 1. The first-order chi connectivity index (χ1) is 14.2. The minimum Gasteiger partial charge on any atom is -0.422 e. The van der Waals surface area contributed by atoms with Gasteiger partial charge >= 0.3 is 5.63 Å². The summed E-state index contributed by atoms with van der Waals surface area (Å²) in [5.41, 5.74) is 2.77. The van der Waals surface area contributed by atoms with E-state index >= 15 is 0 Å². The highest BCUT2D eigenvalue weighted by molar-refractivity contribution is 7.18. The fourth-order valence-corrected chi connectivity index (χ4v) is 4.12. The van der Waals surface area contributed by atoms with Crippen LogP contribution in [0.5, 0.6) is 0 Å². The summed E-state index contributed by atoms with van der Waals surface area (Å²) >= 11 is 1.33. The van der Waals surface area contributed by atoms with Gasteiger partial charge in [-0.1, -0.05) is 60.7 Å². The van der Waals surface area contributed by atoms with Crippen molar-refractivity contribution in [1.82, 2.24) is 10.2 Å². The van der Waals surface area contributed by atoms with E-state index in [2.05, 4.69) is 34.6 Å². The topological polar surface area (TPSA) is 68.0 Å². The van der Waals surface area contributed by atoms with Gasteiger partial charge in [-0.25, -0.2) is 4.79 Å². The maximum Gasteiger partial charge on any atom is 0.346 e. The SMILES string of the molecule is CCc1ccc(Nc2nnc(-c3cc4c(ccc5ccccc54)oc3=O)s2)cc1. The Morgan fingerprint density at radius 1 is 0.966 bits per heavy atom. The van der Waals surface area contributed by atoms with Crippen molar-refractivity contribution in [2.24, 2.45) is 0 Å². The fraction of sp³-hybridized carbons (Fsp3) is 0.0870. The summed E-state index contributed by atoms with van der Waals surface area (Å²) in [5.74, 6) is 0. The van der Waals surface area contributed by atoms with E-state index in [0.717, 1.165) is 28.3 Å². The predicted molar refractivity (Wildman–Crippen MR) is 118 cm³/mol. The zero-order valence-electron chi connectivity index (χ0n) is 15.7. The lowest BCUT2D eigenvalue weighted by molar-refractivity contribution is 0.563. The van der Waals surface area contributed by atoms with E-state index in [-0.39, 0.29) is 0 Å². The molecule has 0 spiro atoms. The number of aromatic nitrogens is 2. The van der Waals surface area contributed by atoms with E-state index in [1.807, 2.05) is 54.6 Å². The summed E-state index contributed by atoms with van der Waals surface area (Å²) < 4.78 is 5.57. The molecule has 2 aromatic heterocycles. The van der Waals surface area contributed by atoms with Crippen molar-refractivity contribution in [3.63, 3.8) is 0 Å². The van der Waals surface area contributed by atoms with E-state index in [4.69, 9.17) is 4.42 Å². The van der Waals surface area contributed by atoms with Crippen LogP contribution in [0.4, 0.5) is 10.8 Å². The van der Waals surface area contributed by atoms with Crippen molar-refractivity contribution < 1.29 is 4.42 Å². The standard InChI is InChI=1S/C23H17N3O2S/c1-2-14-7-10-16(11-8-14)24-23-26-25-21(29-23)19-13-18-17-6-4-3-5-15(17)9-12-20(18)28-22(19)27/h3-13H,2H2,1H3,(H,24,26). The third-order valence-electron chi connectivity index (χ3n) is 4.91. The van der Waals surface area contributed by atoms with Gasteiger partial charge in [-0.15, -0.1) is 10.2 Å². The first-order valence-electron chi connectivity index (χ1n) is 9.37. The van der Waals surface area contributed by atoms with Crippen LogP contribution < -0.4 is 10.9 Å². The monoisotopic (exact) mass is 399 g/mol. The molecule has 0 aliphatic rings. The van der Waals surface area contributed by atoms with Crippen LogP contribution in [0.3, 0.4) is 0 Å². The average molecular weight is 399 g/mol. The molecule has 0 aliphatic carbocycles. The van der Waals surface area contributed by atoms with Gasteiger partial charge in [0.2, 0.25) is 5.13 Å². The smallest absolute Gasteiger partial charge is 0.346 e. The molecule has 3 aromatic carbocycles. The second kappa shape index (κ2) is 7.14. The van der Waals surface area contributed by atoms with E-state index < -0.39 is 5.63 Å². The Hall–Kier alpha value is -3.51. The van der Waals surface area contributed by atoms with Crippen LogP contribution in [0.25, 0.3) is 32.3 Å². The largest absolute Gasteiger partial charge is 0.422 e. The van der Waals surface area contributed by atoms with Gasteiger partial charge < -0.3 is 9.73 Å². The van der Waals surface area contributed by atoms with Gasteiger partial charge in [-0.05, 0) is 47.0 Å². The van der Waals surface area contributed by atoms with Crippen LogP contribution >= 0.6 is 11.3 Å². The van der Waals surface area contributed by atoms with E-state index in [9.17, 15) is 4.79 Å². The van der Waals surface area contributed by atoms with Gasteiger partial charge in [-0.2, -0.15) is 0 Å². The molecule has 0 aliphatic heterocycles. The molecule has 0 fully saturated rings. The molecule has 5 aromatic rings. The molecule has 0 radical (unpaired) electrons. The predicted octanol–water partition coefficient (Wildman–Crippen LogP) is 5.77. The van der Waals surface area contributed by atoms with E-state index in [1.165, 1.54) is 16.9 Å². The summed E-state index contributed by atoms with van der Waals surface area (Å²) in [6, 6.07) is 21.8. The van der Waals surface area contributed by atoms with Crippen molar-refractivity contribution in [2.75, 3.05) is 5.32 Å². The van der Waals surface area contributed by atoms with Crippen LogP contribution in [0, 0.1) is 0 Å². The quantitative estimate of drug-likeness (QED) is 0.307. The van der Waals surface area contributed by atoms with Crippen LogP contribution in [-0.2, 0) is 6.42 Å². The zero-order valence-corrected chi connectivity index (χ0v) is 16.5. The van der Waals surface area contributed by atoms with Gasteiger partial charge in [0, 0.05) is 11.1 Å². The molecular weight excluding hydrogens is 382 g/mol. The molecule has 1 N–H and O–H groups in total. The van der Waals surface area contributed by atoms with Gasteiger partial charge in [-0.3, -0.25) is 0 Å². The third-order valence-corrected chi connectivity index (χ3v) is 5.78. The van der Waals surface area contributed by atoms with Gasteiger partial charge in [0.1, 0.15) is 5.58 Å². The first kappa shape index (κ1) is 17.6. The van der Waals surface area contributed by atoms with Crippen LogP contribution in [0.2, 0.25) is 0 Å². The zero-order chi connectivity index (χ0) is 19.8. The highest BCUT2D eigenvalue weighted by atomic mass is 32.1. The Balaban J connectivity index is 1.54. The number of nitrogens with one attached hydrogen (secondary N) is 1. The van der Waals surface area contributed by atoms with Gasteiger partial charge in [0.05, 0.1) is 5.56 Å². The Bertz CT molecular complexity index is 1390. The van der Waals surface area contributed by atoms with Crippen molar-refractivity contribution in [2.45, 2.75) is 13.3 Å². The summed E-state index contributed by atoms with van der Waals surface area (Å²) in [4.78, 5) is 12.6. The van der Waals surface area contributed by atoms with Crippen molar-refractivity contribution in [3.8, 4) is 10.6 Å². The molecule has 2 heterocycles. The molecule has 29 heavy (non-hydrogen) atoms. The minimum absolute atomic E-state index is 0.414. The summed E-state index contributed by atoms with van der Waals surface area (Å²) in [7, 11) is 0. The number of anilines is 2. The number of benzene rings is 3. The van der Waals surface area contributed by atoms with E-state index in [1.54, 1.807) is 0 Å². The summed E-state index contributed by atoms with van der Waals surface area (Å²) in [6.45, 7) is 2.12. The first-order valence-corrected chi connectivity index (χ1v) is 10.2. The Labute approximate surface area is 170 Å². The number of rotatable bonds is 4. The second-order valence-corrected chi connectivity index (χ2v) is 7.71. The van der Waals surface area contributed by atoms with Crippen molar-refractivity contribution in [3.05, 3.63) is 82.7 Å². The Kier molecular flexibility index (Phi) is 4.33. The molecular formula is C23H17N3O2S. The normalized spacial score (nSPS) is 11.2. The number of fused-ring (bicyclic) bond motifs is 3. The molecule has 0 saturated heterocycles. The van der Waals surface area contributed by atoms with Crippen LogP contribution in [0.1, 0.15) is 12.5 Å². The molecule has 0 amide bonds. The molecule has 0 atom stereocenters. The minimum atomic E-state index is -0.414. The van der Waals surface area contributed by atoms with Gasteiger partial charge in [0.15, 0.2) is 5.01 Å². The molecule has 0 bridgehead atoms. The highest BCUT2D eigenvalue weighted by Crippen LogP contribution is 2.31. The number of nitrogens with zero attached hydrogens (tertiary/aromatic N) is 2. The summed E-state index contributed by atoms with van der Waals surface area (Å²) in [5, 5.41) is 15.8. The van der Waals surface area contributed by atoms with Crippen molar-refractivity contribution in [1.29, 1.82) is 0 Å². The molecule has 0 saturated carbocycles. The molecule has 5 nitrogen and oxygen atoms in total. The molecule has 5 rings (SSSR count). The maximum absolute atomic E-state index is 12.6. The van der Waals surface area contributed by atoms with Crippen LogP contribution in [-0.4, -0.2) is 10.2 Å². The Morgan fingerprint density at radius 3 is 2.62 bits per heavy atom. The van der Waals surface area contributed by atoms with E-state index in [0.29, 0.717) is 21.3 Å². The molecule has 6 heteroatoms. The highest BCUT2D eigenvalue weighted by Gasteiger charge is 2.14. The lowest BCUT2D eigenvalue weighted by Crippen LogP contribution is -2.02. The lowest BCUT2D eigenvalue weighted by Gasteiger charge is -2.04. The summed E-state index contributed by atoms with van der Waals surface area (Å²) in [6.07, 6.45) is 0.996. The second-order valence-electron chi connectivity index (χ2n) is 6.73. The Morgan fingerprint density at radius 2 is 1.79 bits per heavy atom. The van der Waals surface area contributed by atoms with Gasteiger partial charge in [0.25, 0.3) is 0 Å². The number of aryl methyl sites for hydroxylation is 1. The molecule has 0 unspecified atom stereocenters.